The standard InChI is InChI=1S/C25H33Cl2N3O5S/c1-7-20(24(32)28-25(2,3)4)29(15-17-12-13-18(26)19(27)14-17)23(31)16-30(36(6,33)34)21-10-8-9-11-22(21)35-5/h8-14,20H,7,15-16H2,1-6H3,(H,28,32)/t20-/m0/s1. The zero-order valence-corrected chi connectivity index (χ0v) is 23.7. The number of sulfonamides is 1. The molecule has 36 heavy (non-hydrogen) atoms. The number of benzene rings is 2. The van der Waals surface area contributed by atoms with Gasteiger partial charge in [-0.05, 0) is 57.0 Å². The number of hydrogen-bond donors (Lipinski definition) is 1. The number of ether oxygens (including phenoxy) is 1. The monoisotopic (exact) mass is 557 g/mol. The second-order valence-electron chi connectivity index (χ2n) is 9.37. The molecule has 2 aromatic rings. The third kappa shape index (κ3) is 8.01. The van der Waals surface area contributed by atoms with Crippen molar-refractivity contribution in [1.82, 2.24) is 10.2 Å². The number of carbonyl (C=O) groups excluding carboxylic acids is 2. The van der Waals surface area contributed by atoms with Gasteiger partial charge in [-0.2, -0.15) is 0 Å². The molecule has 0 aromatic heterocycles. The maximum Gasteiger partial charge on any atom is 0.244 e. The van der Waals surface area contributed by atoms with Crippen LogP contribution < -0.4 is 14.4 Å². The van der Waals surface area contributed by atoms with E-state index in [1.165, 1.54) is 12.0 Å². The minimum atomic E-state index is -3.88. The predicted octanol–water partition coefficient (Wildman–Crippen LogP) is 4.49. The SMILES string of the molecule is CC[C@@H](C(=O)NC(C)(C)C)N(Cc1ccc(Cl)c(Cl)c1)C(=O)CN(c1ccccc1OC)S(C)(=O)=O. The number of nitrogens with one attached hydrogen (secondary N) is 1. The minimum Gasteiger partial charge on any atom is -0.495 e. The van der Waals surface area contributed by atoms with Crippen LogP contribution in [-0.4, -0.2) is 56.6 Å². The number of methoxy groups -OCH3 is 1. The van der Waals surface area contributed by atoms with Gasteiger partial charge in [-0.3, -0.25) is 13.9 Å². The molecule has 0 aliphatic heterocycles. The van der Waals surface area contributed by atoms with Gasteiger partial charge in [-0.15, -0.1) is 0 Å². The zero-order valence-electron chi connectivity index (χ0n) is 21.3. The van der Waals surface area contributed by atoms with Gasteiger partial charge in [0.25, 0.3) is 0 Å². The van der Waals surface area contributed by atoms with E-state index < -0.39 is 34.1 Å². The smallest absolute Gasteiger partial charge is 0.244 e. The minimum absolute atomic E-state index is 0.0231. The highest BCUT2D eigenvalue weighted by molar-refractivity contribution is 7.92. The summed E-state index contributed by atoms with van der Waals surface area (Å²) in [5, 5.41) is 3.58. The average molecular weight is 559 g/mol. The van der Waals surface area contributed by atoms with E-state index in [4.69, 9.17) is 27.9 Å². The van der Waals surface area contributed by atoms with Crippen LogP contribution >= 0.6 is 23.2 Å². The summed E-state index contributed by atoms with van der Waals surface area (Å²) in [7, 11) is -2.46. The van der Waals surface area contributed by atoms with Crippen LogP contribution in [0.1, 0.15) is 39.7 Å². The van der Waals surface area contributed by atoms with E-state index in [1.54, 1.807) is 49.4 Å². The van der Waals surface area contributed by atoms with Crippen molar-refractivity contribution in [1.29, 1.82) is 0 Å². The normalized spacial score (nSPS) is 12.6. The quantitative estimate of drug-likeness (QED) is 0.464. The van der Waals surface area contributed by atoms with Crippen LogP contribution in [0.5, 0.6) is 5.75 Å². The second-order valence-corrected chi connectivity index (χ2v) is 12.1. The van der Waals surface area contributed by atoms with Crippen molar-refractivity contribution in [2.75, 3.05) is 24.2 Å². The van der Waals surface area contributed by atoms with Gasteiger partial charge in [-0.25, -0.2) is 8.42 Å². The number of rotatable bonds is 10. The van der Waals surface area contributed by atoms with Crippen LogP contribution in [0.3, 0.4) is 0 Å². The molecule has 0 heterocycles. The molecular formula is C25H33Cl2N3O5S. The molecule has 0 aliphatic rings. The van der Waals surface area contributed by atoms with Crippen molar-refractivity contribution in [3.63, 3.8) is 0 Å². The Kier molecular flexibility index (Phi) is 10.0. The van der Waals surface area contributed by atoms with E-state index in [1.807, 2.05) is 20.8 Å². The molecule has 0 spiro atoms. The average Bonchev–Trinajstić information content (AvgIpc) is 2.77. The summed E-state index contributed by atoms with van der Waals surface area (Å²) in [6, 6.07) is 10.6. The van der Waals surface area contributed by atoms with Crippen LogP contribution in [0.15, 0.2) is 42.5 Å². The van der Waals surface area contributed by atoms with Gasteiger partial charge in [-0.1, -0.05) is 48.3 Å². The van der Waals surface area contributed by atoms with E-state index in [-0.39, 0.29) is 18.1 Å². The maximum atomic E-state index is 13.7. The number of nitrogens with zero attached hydrogens (tertiary/aromatic N) is 2. The topological polar surface area (TPSA) is 96.0 Å². The molecule has 198 valence electrons. The second kappa shape index (κ2) is 12.2. The van der Waals surface area contributed by atoms with E-state index in [0.29, 0.717) is 27.8 Å². The van der Waals surface area contributed by atoms with Crippen LogP contribution in [0, 0.1) is 0 Å². The number of amides is 2. The summed E-state index contributed by atoms with van der Waals surface area (Å²) in [5.41, 5.74) is 0.333. The Morgan fingerprint density at radius 1 is 1.08 bits per heavy atom. The van der Waals surface area contributed by atoms with Crippen LogP contribution in [0.25, 0.3) is 0 Å². The summed E-state index contributed by atoms with van der Waals surface area (Å²) >= 11 is 12.2. The third-order valence-electron chi connectivity index (χ3n) is 5.25. The van der Waals surface area contributed by atoms with Gasteiger partial charge in [0.15, 0.2) is 0 Å². The van der Waals surface area contributed by atoms with Crippen molar-refractivity contribution in [2.45, 2.75) is 52.2 Å². The lowest BCUT2D eigenvalue weighted by atomic mass is 10.1. The van der Waals surface area contributed by atoms with Crippen molar-refractivity contribution in [3.05, 3.63) is 58.1 Å². The Hall–Kier alpha value is -2.49. The highest BCUT2D eigenvalue weighted by atomic mass is 35.5. The molecule has 0 fully saturated rings. The van der Waals surface area contributed by atoms with E-state index in [9.17, 15) is 18.0 Å². The predicted molar refractivity (Wildman–Crippen MR) is 144 cm³/mol. The first-order chi connectivity index (χ1) is 16.7. The van der Waals surface area contributed by atoms with Crippen LogP contribution in [-0.2, 0) is 26.2 Å². The molecule has 0 radical (unpaired) electrons. The number of halogens is 2. The fourth-order valence-corrected chi connectivity index (χ4v) is 4.81. The van der Waals surface area contributed by atoms with Gasteiger partial charge >= 0.3 is 0 Å². The first-order valence-corrected chi connectivity index (χ1v) is 13.9. The lowest BCUT2D eigenvalue weighted by molar-refractivity contribution is -0.141. The molecule has 0 aliphatic carbocycles. The molecule has 2 amide bonds. The van der Waals surface area contributed by atoms with Crippen molar-refractivity contribution < 1.29 is 22.7 Å². The number of carbonyl (C=O) groups is 2. The Bertz CT molecular complexity index is 1200. The maximum absolute atomic E-state index is 13.7. The van der Waals surface area contributed by atoms with Crippen LogP contribution in [0.2, 0.25) is 10.0 Å². The third-order valence-corrected chi connectivity index (χ3v) is 7.12. The summed E-state index contributed by atoms with van der Waals surface area (Å²) in [5.74, 6) is -0.612. The summed E-state index contributed by atoms with van der Waals surface area (Å²) < 4.78 is 31.8. The van der Waals surface area contributed by atoms with Crippen molar-refractivity contribution >= 4 is 50.7 Å². The summed E-state index contributed by atoms with van der Waals surface area (Å²) in [4.78, 5) is 28.3. The molecule has 8 nitrogen and oxygen atoms in total. The fraction of sp³-hybridized carbons (Fsp3) is 0.440. The largest absolute Gasteiger partial charge is 0.495 e. The highest BCUT2D eigenvalue weighted by Gasteiger charge is 2.33. The van der Waals surface area contributed by atoms with Gasteiger partial charge in [0.1, 0.15) is 18.3 Å². The first-order valence-electron chi connectivity index (χ1n) is 11.3. The lowest BCUT2D eigenvalue weighted by Crippen LogP contribution is -2.55. The Morgan fingerprint density at radius 3 is 2.25 bits per heavy atom. The molecule has 0 saturated carbocycles. The zero-order chi connectivity index (χ0) is 27.3. The molecule has 11 heteroatoms. The van der Waals surface area contributed by atoms with Gasteiger partial charge in [0.05, 0.1) is 29.1 Å². The van der Waals surface area contributed by atoms with E-state index in [0.717, 1.165) is 10.6 Å². The number of anilines is 1. The van der Waals surface area contributed by atoms with E-state index in [2.05, 4.69) is 5.32 Å². The Balaban J connectivity index is 2.52. The molecule has 2 rings (SSSR count). The molecular weight excluding hydrogens is 525 g/mol. The first kappa shape index (κ1) is 29.7. The van der Waals surface area contributed by atoms with Gasteiger partial charge < -0.3 is 15.0 Å². The van der Waals surface area contributed by atoms with Gasteiger partial charge in [0, 0.05) is 12.1 Å². The fourth-order valence-electron chi connectivity index (χ4n) is 3.64. The molecule has 0 saturated heterocycles. The van der Waals surface area contributed by atoms with Crippen molar-refractivity contribution in [3.8, 4) is 5.75 Å². The Labute approximate surface area is 223 Å². The molecule has 1 atom stereocenters. The Morgan fingerprint density at radius 2 is 1.72 bits per heavy atom. The number of para-hydroxylation sites is 2. The highest BCUT2D eigenvalue weighted by Crippen LogP contribution is 2.30. The van der Waals surface area contributed by atoms with Crippen LogP contribution in [0.4, 0.5) is 5.69 Å². The molecule has 0 bridgehead atoms. The summed E-state index contributed by atoms with van der Waals surface area (Å²) in [6.45, 7) is 6.81. The van der Waals surface area contributed by atoms with E-state index >= 15 is 0 Å². The van der Waals surface area contributed by atoms with Gasteiger partial charge in [0.2, 0.25) is 21.8 Å². The molecule has 0 unspecified atom stereocenters. The molecule has 1 N–H and O–H groups in total. The lowest BCUT2D eigenvalue weighted by Gasteiger charge is -2.34. The molecule has 2 aromatic carbocycles. The number of hydrogen-bond acceptors (Lipinski definition) is 5. The van der Waals surface area contributed by atoms with Crippen molar-refractivity contribution in [2.24, 2.45) is 0 Å². The summed E-state index contributed by atoms with van der Waals surface area (Å²) in [6.07, 6.45) is 1.32.